The van der Waals surface area contributed by atoms with Crippen molar-refractivity contribution in [1.29, 1.82) is 0 Å². The van der Waals surface area contributed by atoms with Crippen LogP contribution in [0.25, 0.3) is 10.1 Å². The van der Waals surface area contributed by atoms with E-state index >= 15 is 0 Å². The molecule has 4 rings (SSSR count). The number of rotatable bonds is 6. The zero-order valence-corrected chi connectivity index (χ0v) is 21.5. The molecule has 0 aliphatic carbocycles. The van der Waals surface area contributed by atoms with Crippen LogP contribution >= 0.6 is 34.3 Å². The average Bonchev–Trinajstić information content (AvgIpc) is 3.32. The van der Waals surface area contributed by atoms with E-state index in [0.29, 0.717) is 21.9 Å². The molecule has 6 nitrogen and oxygen atoms in total. The fraction of sp³-hybridized carbons (Fsp3) is 0.217. The molecule has 1 aromatic carbocycles. The molecule has 0 bridgehead atoms. The van der Waals surface area contributed by atoms with E-state index in [1.807, 2.05) is 30.5 Å². The number of carbonyl (C=O) groups excluding carboxylic acids is 1. The summed E-state index contributed by atoms with van der Waals surface area (Å²) in [6, 6.07) is 12.2. The van der Waals surface area contributed by atoms with Gasteiger partial charge in [-0.3, -0.25) is 4.79 Å². The van der Waals surface area contributed by atoms with Crippen LogP contribution in [0.2, 0.25) is 5.15 Å². The van der Waals surface area contributed by atoms with E-state index in [9.17, 15) is 13.2 Å². The summed E-state index contributed by atoms with van der Waals surface area (Å²) in [4.78, 5) is 18.6. The molecule has 1 N–H and O–H groups in total. The predicted molar refractivity (Wildman–Crippen MR) is 136 cm³/mol. The number of hydrogen-bond acceptors (Lipinski definition) is 7. The van der Waals surface area contributed by atoms with Gasteiger partial charge in [0.05, 0.1) is 9.62 Å². The maximum atomic E-state index is 12.9. The Hall–Kier alpha value is -2.46. The maximum Gasteiger partial charge on any atom is 0.265 e. The summed E-state index contributed by atoms with van der Waals surface area (Å²) in [6.07, 6.45) is 1.22. The minimum Gasteiger partial charge on any atom is -0.438 e. The van der Waals surface area contributed by atoms with Crippen molar-refractivity contribution in [2.45, 2.75) is 25.5 Å². The molecule has 0 fully saturated rings. The van der Waals surface area contributed by atoms with Crippen LogP contribution in [0.4, 0.5) is 5.69 Å². The molecule has 3 aromatic heterocycles. The molecule has 0 spiro atoms. The molecule has 0 atom stereocenters. The molecule has 0 aliphatic rings. The second kappa shape index (κ2) is 8.72. The van der Waals surface area contributed by atoms with Gasteiger partial charge in [0.25, 0.3) is 5.91 Å². The number of carbonyl (C=O) groups is 1. The highest BCUT2D eigenvalue weighted by Gasteiger charge is 2.32. The minimum absolute atomic E-state index is 0.194. The minimum atomic E-state index is -3.31. The maximum absolute atomic E-state index is 12.9. The zero-order valence-electron chi connectivity index (χ0n) is 18.3. The highest BCUT2D eigenvalue weighted by Crippen LogP contribution is 2.35. The van der Waals surface area contributed by atoms with E-state index in [0.717, 1.165) is 15.0 Å². The summed E-state index contributed by atoms with van der Waals surface area (Å²) < 4.78 is 30.0. The molecule has 10 heteroatoms. The first-order valence-corrected chi connectivity index (χ1v) is 13.8. The standard InChI is InChI=1S/C23H21ClN2O4S3/c1-13-17(7-8-31-13)30-21-12-16(11-20(24)26-21)25-22(27)19-10-14-9-15(5-6-18(14)32-19)23(2,3)33(4,28)29/h5-12H,1-4H3,(H,25,26,27). The molecule has 1 amide bonds. The lowest BCUT2D eigenvalue weighted by molar-refractivity contribution is 0.103. The molecule has 172 valence electrons. The second-order valence-electron chi connectivity index (χ2n) is 8.06. The Morgan fingerprint density at radius 1 is 1.15 bits per heavy atom. The number of halogens is 1. The molecular formula is C23H21ClN2O4S3. The van der Waals surface area contributed by atoms with E-state index < -0.39 is 14.6 Å². The van der Waals surface area contributed by atoms with E-state index in [1.165, 1.54) is 17.6 Å². The Kier molecular flexibility index (Phi) is 6.26. The van der Waals surface area contributed by atoms with Gasteiger partial charge in [-0.25, -0.2) is 13.4 Å². The fourth-order valence-electron chi connectivity index (χ4n) is 3.13. The van der Waals surface area contributed by atoms with Gasteiger partial charge in [0, 0.05) is 27.6 Å². The number of pyridine rings is 1. The number of fused-ring (bicyclic) bond motifs is 1. The third-order valence-electron chi connectivity index (χ3n) is 5.42. The molecular weight excluding hydrogens is 500 g/mol. The highest BCUT2D eigenvalue weighted by molar-refractivity contribution is 7.91. The molecule has 4 aromatic rings. The number of anilines is 1. The molecule has 0 radical (unpaired) electrons. The third-order valence-corrected chi connectivity index (χ3v) is 9.64. The SMILES string of the molecule is Cc1sccc1Oc1cc(NC(=O)c2cc3cc(C(C)(C)S(C)(=O)=O)ccc3s2)cc(Cl)n1. The van der Waals surface area contributed by atoms with Gasteiger partial charge in [-0.2, -0.15) is 0 Å². The fourth-order valence-corrected chi connectivity index (χ4v) is 5.44. The van der Waals surface area contributed by atoms with Crippen molar-refractivity contribution < 1.29 is 17.9 Å². The van der Waals surface area contributed by atoms with Gasteiger partial charge in [0.1, 0.15) is 10.9 Å². The van der Waals surface area contributed by atoms with Crippen molar-refractivity contribution in [2.24, 2.45) is 0 Å². The monoisotopic (exact) mass is 520 g/mol. The molecule has 33 heavy (non-hydrogen) atoms. The molecule has 0 unspecified atom stereocenters. The Bertz CT molecular complexity index is 1470. The topological polar surface area (TPSA) is 85.4 Å². The van der Waals surface area contributed by atoms with E-state index in [2.05, 4.69) is 10.3 Å². The molecule has 0 saturated carbocycles. The number of ether oxygens (including phenoxy) is 1. The second-order valence-corrected chi connectivity index (χ2v) is 13.2. The van der Waals surface area contributed by atoms with Crippen LogP contribution in [0, 0.1) is 6.92 Å². The largest absolute Gasteiger partial charge is 0.438 e. The van der Waals surface area contributed by atoms with Gasteiger partial charge in [0.2, 0.25) is 5.88 Å². The number of benzene rings is 1. The molecule has 0 aliphatic heterocycles. The smallest absolute Gasteiger partial charge is 0.265 e. The van der Waals surface area contributed by atoms with Crippen molar-refractivity contribution in [2.75, 3.05) is 11.6 Å². The average molecular weight is 521 g/mol. The van der Waals surface area contributed by atoms with Crippen molar-refractivity contribution in [3.8, 4) is 11.6 Å². The van der Waals surface area contributed by atoms with E-state index in [1.54, 1.807) is 49.4 Å². The first-order chi connectivity index (χ1) is 15.4. The lowest BCUT2D eigenvalue weighted by Gasteiger charge is -2.23. The quantitative estimate of drug-likeness (QED) is 0.288. The number of sulfone groups is 1. The molecule has 3 heterocycles. The lowest BCUT2D eigenvalue weighted by Crippen LogP contribution is -2.27. The Labute approximate surface area is 205 Å². The number of aromatic nitrogens is 1. The van der Waals surface area contributed by atoms with E-state index in [-0.39, 0.29) is 16.9 Å². The summed E-state index contributed by atoms with van der Waals surface area (Å²) in [5.74, 6) is 0.660. The summed E-state index contributed by atoms with van der Waals surface area (Å²) in [5.41, 5.74) is 1.13. The number of nitrogens with one attached hydrogen (secondary N) is 1. The third kappa shape index (κ3) is 4.91. The normalized spacial score (nSPS) is 12.2. The number of nitrogens with zero attached hydrogens (tertiary/aromatic N) is 1. The van der Waals surface area contributed by atoms with Crippen LogP contribution in [0.1, 0.15) is 34.0 Å². The van der Waals surface area contributed by atoms with E-state index in [4.69, 9.17) is 16.3 Å². The number of amides is 1. The van der Waals surface area contributed by atoms with Gasteiger partial charge in [-0.15, -0.1) is 22.7 Å². The first kappa shape index (κ1) is 23.7. The Morgan fingerprint density at radius 2 is 1.91 bits per heavy atom. The predicted octanol–water partition coefficient (Wildman–Crippen LogP) is 6.64. The summed E-state index contributed by atoms with van der Waals surface area (Å²) in [5, 5.41) is 5.76. The first-order valence-electron chi connectivity index (χ1n) is 9.88. The summed E-state index contributed by atoms with van der Waals surface area (Å²) >= 11 is 9.02. The van der Waals surface area contributed by atoms with Crippen molar-refractivity contribution >= 4 is 65.8 Å². The summed E-state index contributed by atoms with van der Waals surface area (Å²) in [7, 11) is -3.31. The highest BCUT2D eigenvalue weighted by atomic mass is 35.5. The van der Waals surface area contributed by atoms with Gasteiger partial charge in [-0.1, -0.05) is 17.7 Å². The van der Waals surface area contributed by atoms with Gasteiger partial charge >= 0.3 is 0 Å². The van der Waals surface area contributed by atoms with Crippen molar-refractivity contribution in [3.63, 3.8) is 0 Å². The lowest BCUT2D eigenvalue weighted by atomic mass is 10.0. The number of hydrogen-bond donors (Lipinski definition) is 1. The van der Waals surface area contributed by atoms with Crippen molar-refractivity contribution in [3.05, 3.63) is 68.3 Å². The van der Waals surface area contributed by atoms with Crippen LogP contribution < -0.4 is 10.1 Å². The van der Waals surface area contributed by atoms with Crippen molar-refractivity contribution in [1.82, 2.24) is 4.98 Å². The van der Waals surface area contributed by atoms with Crippen LogP contribution in [0.5, 0.6) is 11.6 Å². The van der Waals surface area contributed by atoms with Crippen LogP contribution in [-0.2, 0) is 14.6 Å². The van der Waals surface area contributed by atoms with Gasteiger partial charge < -0.3 is 10.1 Å². The Balaban J connectivity index is 1.59. The number of aryl methyl sites for hydroxylation is 1. The Morgan fingerprint density at radius 3 is 2.58 bits per heavy atom. The zero-order chi connectivity index (χ0) is 24.0. The van der Waals surface area contributed by atoms with Gasteiger partial charge in [0.15, 0.2) is 9.84 Å². The van der Waals surface area contributed by atoms with Crippen LogP contribution in [-0.4, -0.2) is 25.6 Å². The summed E-state index contributed by atoms with van der Waals surface area (Å²) in [6.45, 7) is 5.29. The van der Waals surface area contributed by atoms with Gasteiger partial charge in [-0.05, 0) is 67.4 Å². The van der Waals surface area contributed by atoms with Crippen LogP contribution in [0.3, 0.4) is 0 Å². The van der Waals surface area contributed by atoms with Crippen LogP contribution in [0.15, 0.2) is 47.8 Å². The number of thiophene rings is 2. The molecule has 0 saturated heterocycles.